The predicted octanol–water partition coefficient (Wildman–Crippen LogP) is 8.76. The first-order valence-electron chi connectivity index (χ1n) is 19.7. The topological polar surface area (TPSA) is 107 Å². The molecule has 8 rings (SSSR count). The number of phenolic OH excluding ortho intramolecular Hbond substituents is 1. The molecule has 0 amide bonds. The van der Waals surface area contributed by atoms with Gasteiger partial charge in [0.1, 0.15) is 11.9 Å². The SMILES string of the molecule is CC(=O)OC1(C(C)=O)CCC2C3C=C(C)C4=CC(=O)CCC4(C)C3CCC21C.CC(=O)OC1CCC2C3CCc4cc(O)ccc4C3CCC12C. The van der Waals surface area contributed by atoms with Gasteiger partial charge in [-0.15, -0.1) is 0 Å². The van der Waals surface area contributed by atoms with Crippen LogP contribution in [0.3, 0.4) is 0 Å². The number of phenols is 1. The number of fused-ring (bicyclic) bond motifs is 10. The van der Waals surface area contributed by atoms with Crippen LogP contribution in [0.2, 0.25) is 0 Å². The molecule has 7 aliphatic rings. The van der Waals surface area contributed by atoms with E-state index in [2.05, 4.69) is 39.8 Å². The minimum atomic E-state index is -0.990. The van der Waals surface area contributed by atoms with Gasteiger partial charge in [0.25, 0.3) is 0 Å². The molecule has 276 valence electrons. The first-order valence-corrected chi connectivity index (χ1v) is 19.7. The van der Waals surface area contributed by atoms with E-state index in [4.69, 9.17) is 9.47 Å². The molecule has 0 spiro atoms. The van der Waals surface area contributed by atoms with Crippen LogP contribution in [0.4, 0.5) is 0 Å². The Morgan fingerprint density at radius 3 is 2.27 bits per heavy atom. The standard InChI is InChI=1S/C24H32O4.C20H26O3/c1-14-12-18-19(22(4)9-6-17(27)13-21(14)22)7-10-23(5)20(18)8-11-24(23,15(2)25)28-16(3)26;1-12(21)23-19-8-7-18-17-5-3-13-11-14(22)4-6-15(13)16(17)9-10-20(18,19)2/h12-13,18-20H,6-11H2,1-5H3;4,6,11,16-19,22H,3,5,7-10H2,1-2H3. The number of ketones is 2. The maximum Gasteiger partial charge on any atom is 0.303 e. The Morgan fingerprint density at radius 1 is 0.824 bits per heavy atom. The lowest BCUT2D eigenvalue weighted by atomic mass is 9.47. The molecule has 1 aromatic carbocycles. The number of Topliss-reactive ketones (excluding diaryl/α,β-unsaturated/α-hetero) is 1. The Hall–Kier alpha value is -3.22. The molecule has 4 fully saturated rings. The molecule has 7 heteroatoms. The van der Waals surface area contributed by atoms with Gasteiger partial charge in [-0.1, -0.05) is 38.5 Å². The number of carbonyl (C=O) groups excluding carboxylic acids is 4. The van der Waals surface area contributed by atoms with Crippen LogP contribution in [0.15, 0.2) is 41.5 Å². The molecule has 1 N–H and O–H groups in total. The normalized spacial score (nSPS) is 41.8. The Kier molecular flexibility index (Phi) is 9.02. The van der Waals surface area contributed by atoms with Crippen molar-refractivity contribution in [1.82, 2.24) is 0 Å². The van der Waals surface area contributed by atoms with Gasteiger partial charge >= 0.3 is 11.9 Å². The van der Waals surface area contributed by atoms with Gasteiger partial charge in [0.05, 0.1) is 0 Å². The van der Waals surface area contributed by atoms with Crippen molar-refractivity contribution >= 4 is 23.5 Å². The van der Waals surface area contributed by atoms with Gasteiger partial charge in [-0.2, -0.15) is 0 Å². The van der Waals surface area contributed by atoms with Crippen LogP contribution in [0, 0.1) is 45.8 Å². The van der Waals surface area contributed by atoms with Gasteiger partial charge in [-0.25, -0.2) is 0 Å². The molecule has 0 heterocycles. The molecule has 0 bridgehead atoms. The summed E-state index contributed by atoms with van der Waals surface area (Å²) in [6, 6.07) is 5.93. The van der Waals surface area contributed by atoms with Crippen molar-refractivity contribution in [2.24, 2.45) is 45.8 Å². The summed E-state index contributed by atoms with van der Waals surface area (Å²) in [6.07, 6.45) is 16.1. The van der Waals surface area contributed by atoms with Crippen molar-refractivity contribution in [1.29, 1.82) is 0 Å². The highest BCUT2D eigenvalue weighted by Gasteiger charge is 2.67. The Bertz CT molecular complexity index is 1700. The summed E-state index contributed by atoms with van der Waals surface area (Å²) in [5.41, 5.74) is 4.10. The fourth-order valence-corrected chi connectivity index (χ4v) is 13.4. The van der Waals surface area contributed by atoms with Gasteiger partial charge < -0.3 is 14.6 Å². The summed E-state index contributed by atoms with van der Waals surface area (Å²) in [6.45, 7) is 13.5. The molecule has 51 heavy (non-hydrogen) atoms. The summed E-state index contributed by atoms with van der Waals surface area (Å²) in [4.78, 5) is 48.2. The van der Waals surface area contributed by atoms with Gasteiger partial charge in [0.2, 0.25) is 0 Å². The average molecular weight is 699 g/mol. The molecule has 11 atom stereocenters. The van der Waals surface area contributed by atoms with Crippen molar-refractivity contribution in [2.45, 2.75) is 143 Å². The number of ether oxygens (including phenoxy) is 2. The van der Waals surface area contributed by atoms with Gasteiger partial charge in [0, 0.05) is 31.1 Å². The fraction of sp³-hybridized carbons (Fsp3) is 0.682. The van der Waals surface area contributed by atoms with E-state index in [1.54, 1.807) is 6.92 Å². The molecule has 11 unspecified atom stereocenters. The number of aryl methyl sites for hydroxylation is 1. The summed E-state index contributed by atoms with van der Waals surface area (Å²) in [7, 11) is 0. The Balaban J connectivity index is 0.000000162. The second-order valence-corrected chi connectivity index (χ2v) is 18.1. The molecule has 1 aromatic rings. The lowest BCUT2D eigenvalue weighted by molar-refractivity contribution is -0.185. The monoisotopic (exact) mass is 698 g/mol. The lowest BCUT2D eigenvalue weighted by Crippen LogP contribution is -2.58. The van der Waals surface area contributed by atoms with Crippen LogP contribution < -0.4 is 0 Å². The Labute approximate surface area is 304 Å². The number of esters is 2. The summed E-state index contributed by atoms with van der Waals surface area (Å²) in [5.74, 6) is 3.26. The number of benzene rings is 1. The third-order valence-corrected chi connectivity index (χ3v) is 15.8. The average Bonchev–Trinajstić information content (AvgIpc) is 3.55. The third-order valence-electron chi connectivity index (χ3n) is 15.8. The van der Waals surface area contributed by atoms with Crippen molar-refractivity contribution in [3.8, 4) is 5.75 Å². The van der Waals surface area contributed by atoms with Crippen LogP contribution in [-0.4, -0.2) is 40.3 Å². The van der Waals surface area contributed by atoms with Crippen molar-refractivity contribution < 1.29 is 33.8 Å². The first kappa shape index (κ1) is 36.2. The van der Waals surface area contributed by atoms with E-state index in [9.17, 15) is 24.3 Å². The minimum Gasteiger partial charge on any atom is -0.508 e. The second kappa shape index (κ2) is 12.7. The van der Waals surface area contributed by atoms with Crippen molar-refractivity contribution in [3.63, 3.8) is 0 Å². The fourth-order valence-electron chi connectivity index (χ4n) is 13.4. The van der Waals surface area contributed by atoms with Gasteiger partial charge in [0.15, 0.2) is 17.2 Å². The molecular formula is C44H58O7. The molecule has 7 aliphatic carbocycles. The molecule has 4 saturated carbocycles. The third kappa shape index (κ3) is 5.57. The smallest absolute Gasteiger partial charge is 0.303 e. The van der Waals surface area contributed by atoms with Gasteiger partial charge in [-0.3, -0.25) is 19.2 Å². The van der Waals surface area contributed by atoms with Crippen LogP contribution in [-0.2, 0) is 35.1 Å². The largest absolute Gasteiger partial charge is 0.508 e. The lowest BCUT2D eigenvalue weighted by Gasteiger charge is -2.58. The maximum atomic E-state index is 12.8. The summed E-state index contributed by atoms with van der Waals surface area (Å²) >= 11 is 0. The highest BCUT2D eigenvalue weighted by molar-refractivity contribution is 5.92. The van der Waals surface area contributed by atoms with Crippen molar-refractivity contribution in [3.05, 3.63) is 52.6 Å². The zero-order valence-corrected chi connectivity index (χ0v) is 31.8. The van der Waals surface area contributed by atoms with E-state index in [0.717, 1.165) is 44.9 Å². The Morgan fingerprint density at radius 2 is 1.57 bits per heavy atom. The highest BCUT2D eigenvalue weighted by Crippen LogP contribution is 2.68. The van der Waals surface area contributed by atoms with E-state index < -0.39 is 5.60 Å². The molecule has 0 saturated heterocycles. The number of hydrogen-bond donors (Lipinski definition) is 1. The summed E-state index contributed by atoms with van der Waals surface area (Å²) < 4.78 is 11.5. The second-order valence-electron chi connectivity index (χ2n) is 18.1. The summed E-state index contributed by atoms with van der Waals surface area (Å²) in [5, 5.41) is 9.75. The van der Waals surface area contributed by atoms with E-state index >= 15 is 0 Å². The number of hydrogen-bond acceptors (Lipinski definition) is 7. The quantitative estimate of drug-likeness (QED) is 0.315. The minimum absolute atomic E-state index is 0.0160. The van der Waals surface area contributed by atoms with Crippen LogP contribution in [0.25, 0.3) is 0 Å². The van der Waals surface area contributed by atoms with Crippen LogP contribution in [0.5, 0.6) is 5.75 Å². The number of allylic oxidation sites excluding steroid dienone is 4. The molecular weight excluding hydrogens is 640 g/mol. The first-order chi connectivity index (χ1) is 24.0. The number of rotatable bonds is 3. The number of aromatic hydroxyl groups is 1. The van der Waals surface area contributed by atoms with Crippen molar-refractivity contribution in [2.75, 3.05) is 0 Å². The van der Waals surface area contributed by atoms with E-state index in [0.29, 0.717) is 54.1 Å². The van der Waals surface area contributed by atoms with E-state index in [-0.39, 0.29) is 45.9 Å². The molecule has 7 nitrogen and oxygen atoms in total. The van der Waals surface area contributed by atoms with Crippen LogP contribution in [0.1, 0.15) is 136 Å². The number of carbonyl (C=O) groups is 4. The highest BCUT2D eigenvalue weighted by atomic mass is 16.6. The molecule has 0 radical (unpaired) electrons. The zero-order valence-electron chi connectivity index (χ0n) is 31.8. The van der Waals surface area contributed by atoms with Crippen LogP contribution >= 0.6 is 0 Å². The predicted molar refractivity (Wildman–Crippen MR) is 195 cm³/mol. The van der Waals surface area contributed by atoms with Gasteiger partial charge in [-0.05, 0) is 160 Å². The zero-order chi connectivity index (χ0) is 36.7. The molecule has 0 aromatic heterocycles. The molecule has 0 aliphatic heterocycles. The van der Waals surface area contributed by atoms with E-state index in [1.165, 1.54) is 55.4 Å². The van der Waals surface area contributed by atoms with E-state index in [1.807, 2.05) is 18.2 Å². The maximum absolute atomic E-state index is 12.8.